The van der Waals surface area contributed by atoms with Crippen molar-refractivity contribution in [3.8, 4) is 11.4 Å². The van der Waals surface area contributed by atoms with Crippen molar-refractivity contribution in [2.24, 2.45) is 0 Å². The minimum absolute atomic E-state index is 0.682. The molecule has 4 heteroatoms. The van der Waals surface area contributed by atoms with Crippen LogP contribution in [0.15, 0.2) is 36.4 Å². The molecule has 0 amide bonds. The first-order chi connectivity index (χ1) is 10.1. The monoisotopic (exact) mass is 297 g/mol. The summed E-state index contributed by atoms with van der Waals surface area (Å²) in [6.45, 7) is 4.08. The van der Waals surface area contributed by atoms with Crippen LogP contribution < -0.4 is 5.32 Å². The van der Waals surface area contributed by atoms with Crippen LogP contribution in [0.5, 0.6) is 0 Å². The molecule has 0 aliphatic rings. The van der Waals surface area contributed by atoms with E-state index in [0.29, 0.717) is 10.8 Å². The molecule has 3 rings (SSSR count). The normalized spacial score (nSPS) is 10.9. The second kappa shape index (κ2) is 5.34. The molecule has 1 N–H and O–H groups in total. The summed E-state index contributed by atoms with van der Waals surface area (Å²) in [4.78, 5) is 9.30. The molecule has 0 fully saturated rings. The second-order valence-electron chi connectivity index (χ2n) is 5.18. The minimum atomic E-state index is 0.682. The molecular formula is C17H16ClN3. The van der Waals surface area contributed by atoms with Gasteiger partial charge >= 0.3 is 0 Å². The molecule has 0 aliphatic carbocycles. The fourth-order valence-electron chi connectivity index (χ4n) is 2.43. The van der Waals surface area contributed by atoms with Gasteiger partial charge in [-0.25, -0.2) is 9.97 Å². The SMILES string of the molecule is CNc1nc(-c2cc(C)cc(Cl)c2)nc2ccc(C)cc12. The van der Waals surface area contributed by atoms with Gasteiger partial charge < -0.3 is 5.32 Å². The lowest BCUT2D eigenvalue weighted by atomic mass is 10.1. The van der Waals surface area contributed by atoms with E-state index in [1.165, 1.54) is 5.56 Å². The van der Waals surface area contributed by atoms with Gasteiger partial charge in [-0.3, -0.25) is 0 Å². The lowest BCUT2D eigenvalue weighted by molar-refractivity contribution is 1.21. The van der Waals surface area contributed by atoms with Crippen LogP contribution in [0, 0.1) is 13.8 Å². The number of aromatic nitrogens is 2. The maximum Gasteiger partial charge on any atom is 0.162 e. The summed E-state index contributed by atoms with van der Waals surface area (Å²) in [5, 5.41) is 4.88. The predicted molar refractivity (Wildman–Crippen MR) is 89.0 cm³/mol. The molecular weight excluding hydrogens is 282 g/mol. The first kappa shape index (κ1) is 13.8. The summed E-state index contributed by atoms with van der Waals surface area (Å²) in [6.07, 6.45) is 0. The molecule has 3 aromatic rings. The number of halogens is 1. The smallest absolute Gasteiger partial charge is 0.162 e. The number of rotatable bonds is 2. The van der Waals surface area contributed by atoms with Gasteiger partial charge in [0.1, 0.15) is 5.82 Å². The van der Waals surface area contributed by atoms with Gasteiger partial charge in [0.15, 0.2) is 5.82 Å². The zero-order valence-corrected chi connectivity index (χ0v) is 13.0. The van der Waals surface area contributed by atoms with Gasteiger partial charge in [0.25, 0.3) is 0 Å². The van der Waals surface area contributed by atoms with Crippen molar-refractivity contribution in [2.75, 3.05) is 12.4 Å². The van der Waals surface area contributed by atoms with Crippen molar-refractivity contribution < 1.29 is 0 Å². The van der Waals surface area contributed by atoms with E-state index in [-0.39, 0.29) is 0 Å². The van der Waals surface area contributed by atoms with Crippen molar-refractivity contribution in [3.63, 3.8) is 0 Å². The average Bonchev–Trinajstić information content (AvgIpc) is 2.45. The average molecular weight is 298 g/mol. The van der Waals surface area contributed by atoms with E-state index in [0.717, 1.165) is 27.8 Å². The maximum absolute atomic E-state index is 6.14. The second-order valence-corrected chi connectivity index (χ2v) is 5.62. The molecule has 0 spiro atoms. The Labute approximate surface area is 129 Å². The zero-order valence-electron chi connectivity index (χ0n) is 12.2. The Morgan fingerprint density at radius 1 is 0.952 bits per heavy atom. The molecule has 0 saturated carbocycles. The summed E-state index contributed by atoms with van der Waals surface area (Å²) < 4.78 is 0. The van der Waals surface area contributed by atoms with Crippen LogP contribution in [0.1, 0.15) is 11.1 Å². The van der Waals surface area contributed by atoms with Gasteiger partial charge in [-0.15, -0.1) is 0 Å². The summed E-state index contributed by atoms with van der Waals surface area (Å²) in [7, 11) is 1.87. The molecule has 2 aromatic carbocycles. The van der Waals surface area contributed by atoms with E-state index < -0.39 is 0 Å². The highest BCUT2D eigenvalue weighted by Gasteiger charge is 2.09. The number of nitrogens with one attached hydrogen (secondary N) is 1. The number of anilines is 1. The molecule has 1 aromatic heterocycles. The Morgan fingerprint density at radius 3 is 2.48 bits per heavy atom. The van der Waals surface area contributed by atoms with E-state index in [9.17, 15) is 0 Å². The number of fused-ring (bicyclic) bond motifs is 1. The van der Waals surface area contributed by atoms with Crippen LogP contribution in [-0.2, 0) is 0 Å². The minimum Gasteiger partial charge on any atom is -0.373 e. The summed E-state index contributed by atoms with van der Waals surface area (Å²) >= 11 is 6.14. The summed E-state index contributed by atoms with van der Waals surface area (Å²) in [6, 6.07) is 12.0. The lowest BCUT2D eigenvalue weighted by Crippen LogP contribution is -1.99. The first-order valence-electron chi connectivity index (χ1n) is 6.80. The van der Waals surface area contributed by atoms with Gasteiger partial charge in [0.05, 0.1) is 5.52 Å². The third-order valence-corrected chi connectivity index (χ3v) is 3.61. The van der Waals surface area contributed by atoms with Crippen molar-refractivity contribution in [1.82, 2.24) is 9.97 Å². The molecule has 3 nitrogen and oxygen atoms in total. The zero-order chi connectivity index (χ0) is 15.0. The van der Waals surface area contributed by atoms with Gasteiger partial charge in [-0.2, -0.15) is 0 Å². The highest BCUT2D eigenvalue weighted by atomic mass is 35.5. The molecule has 1 heterocycles. The van der Waals surface area contributed by atoms with E-state index in [2.05, 4.69) is 34.3 Å². The van der Waals surface area contributed by atoms with E-state index in [4.69, 9.17) is 11.6 Å². The van der Waals surface area contributed by atoms with Crippen molar-refractivity contribution in [3.05, 3.63) is 52.5 Å². The number of nitrogens with zero attached hydrogens (tertiary/aromatic N) is 2. The van der Waals surface area contributed by atoms with Crippen LogP contribution in [0.25, 0.3) is 22.3 Å². The molecule has 106 valence electrons. The third kappa shape index (κ3) is 2.69. The van der Waals surface area contributed by atoms with E-state index >= 15 is 0 Å². The molecule has 0 radical (unpaired) electrons. The molecule has 0 aliphatic heterocycles. The molecule has 21 heavy (non-hydrogen) atoms. The van der Waals surface area contributed by atoms with Crippen LogP contribution >= 0.6 is 11.6 Å². The van der Waals surface area contributed by atoms with Gasteiger partial charge in [0.2, 0.25) is 0 Å². The lowest BCUT2D eigenvalue weighted by Gasteiger charge is -2.09. The third-order valence-electron chi connectivity index (χ3n) is 3.39. The van der Waals surface area contributed by atoms with E-state index in [1.807, 2.05) is 38.2 Å². The van der Waals surface area contributed by atoms with E-state index in [1.54, 1.807) is 0 Å². The Kier molecular flexibility index (Phi) is 3.52. The van der Waals surface area contributed by atoms with Crippen molar-refractivity contribution >= 4 is 28.3 Å². The first-order valence-corrected chi connectivity index (χ1v) is 7.18. The van der Waals surface area contributed by atoms with Crippen molar-refractivity contribution in [2.45, 2.75) is 13.8 Å². The van der Waals surface area contributed by atoms with Gasteiger partial charge in [-0.1, -0.05) is 23.2 Å². The number of hydrogen-bond donors (Lipinski definition) is 1. The Hall–Kier alpha value is -2.13. The predicted octanol–water partition coefficient (Wildman–Crippen LogP) is 4.61. The Morgan fingerprint density at radius 2 is 1.76 bits per heavy atom. The van der Waals surface area contributed by atoms with Crippen LogP contribution in [0.3, 0.4) is 0 Å². The quantitative estimate of drug-likeness (QED) is 0.750. The highest BCUT2D eigenvalue weighted by molar-refractivity contribution is 6.30. The number of hydrogen-bond acceptors (Lipinski definition) is 3. The fourth-order valence-corrected chi connectivity index (χ4v) is 2.72. The highest BCUT2D eigenvalue weighted by Crippen LogP contribution is 2.27. The summed E-state index contributed by atoms with van der Waals surface area (Å²) in [5.74, 6) is 1.51. The number of aryl methyl sites for hydroxylation is 2. The molecule has 0 atom stereocenters. The Balaban J connectivity index is 2.26. The van der Waals surface area contributed by atoms with Crippen LogP contribution in [0.4, 0.5) is 5.82 Å². The molecule has 0 unspecified atom stereocenters. The maximum atomic E-state index is 6.14. The van der Waals surface area contributed by atoms with Crippen LogP contribution in [0.2, 0.25) is 5.02 Å². The molecule has 0 bridgehead atoms. The standard InChI is InChI=1S/C17H16ClN3/c1-10-4-5-15-14(8-10)17(19-3)21-16(20-15)12-6-11(2)7-13(18)9-12/h4-9H,1-3H3,(H,19,20,21). The topological polar surface area (TPSA) is 37.8 Å². The number of benzene rings is 2. The van der Waals surface area contributed by atoms with Gasteiger partial charge in [0, 0.05) is 23.0 Å². The Bertz CT molecular complexity index is 807. The van der Waals surface area contributed by atoms with Crippen LogP contribution in [-0.4, -0.2) is 17.0 Å². The fraction of sp³-hybridized carbons (Fsp3) is 0.176. The molecule has 0 saturated heterocycles. The largest absolute Gasteiger partial charge is 0.373 e. The van der Waals surface area contributed by atoms with Gasteiger partial charge in [-0.05, 0) is 49.7 Å². The summed E-state index contributed by atoms with van der Waals surface area (Å²) in [5.41, 5.74) is 4.14. The van der Waals surface area contributed by atoms with Crippen molar-refractivity contribution in [1.29, 1.82) is 0 Å².